The Morgan fingerprint density at radius 1 is 1.35 bits per heavy atom. The van der Waals surface area contributed by atoms with Crippen molar-refractivity contribution in [3.05, 3.63) is 48.2 Å². The molecule has 1 N–H and O–H groups in total. The first-order chi connectivity index (χ1) is 11.2. The molecule has 2 atom stereocenters. The van der Waals surface area contributed by atoms with Crippen LogP contribution in [-0.4, -0.2) is 46.5 Å². The summed E-state index contributed by atoms with van der Waals surface area (Å²) < 4.78 is 11.8. The van der Waals surface area contributed by atoms with Gasteiger partial charge in [-0.2, -0.15) is 0 Å². The molecule has 1 aromatic heterocycles. The lowest BCUT2D eigenvalue weighted by atomic mass is 9.89. The molecule has 120 valence electrons. The van der Waals surface area contributed by atoms with Crippen molar-refractivity contribution >= 4 is 11.9 Å². The molecular weight excluding hydrogens is 298 g/mol. The van der Waals surface area contributed by atoms with Crippen LogP contribution in [0.5, 0.6) is 0 Å². The van der Waals surface area contributed by atoms with Crippen molar-refractivity contribution in [1.29, 1.82) is 0 Å². The highest BCUT2D eigenvalue weighted by molar-refractivity contribution is 5.79. The Balaban J connectivity index is 1.95. The summed E-state index contributed by atoms with van der Waals surface area (Å²) in [5.41, 5.74) is 1.40. The molecule has 0 aliphatic carbocycles. The number of ether oxygens (including phenoxy) is 2. The minimum absolute atomic E-state index is 0.184. The normalized spacial score (nSPS) is 19.8. The lowest BCUT2D eigenvalue weighted by Gasteiger charge is -2.32. The predicted octanol–water partition coefficient (Wildman–Crippen LogP) is 1.01. The van der Waals surface area contributed by atoms with Crippen molar-refractivity contribution in [3.8, 4) is 0 Å². The molecule has 0 spiro atoms. The summed E-state index contributed by atoms with van der Waals surface area (Å²) >= 11 is 0. The molecule has 0 saturated heterocycles. The number of carbonyl (C=O) groups excluding carboxylic acids is 1. The molecule has 0 amide bonds. The van der Waals surface area contributed by atoms with Crippen LogP contribution in [0.25, 0.3) is 0 Å². The number of nitrogens with one attached hydrogen (secondary N) is 1. The van der Waals surface area contributed by atoms with Crippen molar-refractivity contribution in [2.75, 3.05) is 25.6 Å². The highest BCUT2D eigenvalue weighted by Gasteiger charge is 2.40. The first-order valence-corrected chi connectivity index (χ1v) is 7.16. The number of fused-ring (bicyclic) bond motifs is 1. The minimum Gasteiger partial charge on any atom is -0.463 e. The molecule has 2 aromatic rings. The molecule has 0 bridgehead atoms. The Labute approximate surface area is 133 Å². The van der Waals surface area contributed by atoms with Gasteiger partial charge in [-0.25, -0.2) is 4.68 Å². The van der Waals surface area contributed by atoms with Gasteiger partial charge in [0.2, 0.25) is 5.95 Å². The number of nitrogens with zero attached hydrogens (tertiary/aromatic N) is 4. The number of carbonyl (C=O) groups is 1. The van der Waals surface area contributed by atoms with E-state index in [0.717, 1.165) is 5.56 Å². The number of esters is 1. The molecule has 0 radical (unpaired) electrons. The summed E-state index contributed by atoms with van der Waals surface area (Å²) in [5.74, 6) is -0.579. The minimum atomic E-state index is -0.634. The summed E-state index contributed by atoms with van der Waals surface area (Å²) in [6.07, 6.45) is 0. The van der Waals surface area contributed by atoms with Crippen molar-refractivity contribution in [1.82, 2.24) is 20.2 Å². The first kappa shape index (κ1) is 15.2. The molecule has 2 heterocycles. The third kappa shape index (κ3) is 2.93. The lowest BCUT2D eigenvalue weighted by Crippen LogP contribution is -2.38. The van der Waals surface area contributed by atoms with E-state index in [1.807, 2.05) is 30.3 Å². The third-order valence-electron chi connectivity index (χ3n) is 3.65. The fraction of sp³-hybridized carbons (Fsp3) is 0.333. The van der Waals surface area contributed by atoms with Crippen LogP contribution in [0.1, 0.15) is 11.6 Å². The van der Waals surface area contributed by atoms with Gasteiger partial charge in [-0.3, -0.25) is 4.79 Å². The van der Waals surface area contributed by atoms with Crippen molar-refractivity contribution < 1.29 is 14.3 Å². The monoisotopic (exact) mass is 315 g/mol. The van der Waals surface area contributed by atoms with Gasteiger partial charge in [-0.15, -0.1) is 0 Å². The maximum absolute atomic E-state index is 12.5. The van der Waals surface area contributed by atoms with Crippen molar-refractivity contribution in [3.63, 3.8) is 0 Å². The fourth-order valence-electron chi connectivity index (χ4n) is 2.59. The number of benzene rings is 1. The quantitative estimate of drug-likeness (QED) is 0.650. The van der Waals surface area contributed by atoms with E-state index in [9.17, 15) is 4.79 Å². The Morgan fingerprint density at radius 3 is 2.87 bits per heavy atom. The Bertz CT molecular complexity index is 700. The Morgan fingerprint density at radius 2 is 2.13 bits per heavy atom. The summed E-state index contributed by atoms with van der Waals surface area (Å²) in [5, 5.41) is 14.5. The summed E-state index contributed by atoms with van der Waals surface area (Å²) in [6.45, 7) is 4.47. The van der Waals surface area contributed by atoms with Gasteiger partial charge in [0.25, 0.3) is 0 Å². The lowest BCUT2D eigenvalue weighted by molar-refractivity contribution is -0.149. The molecule has 1 aliphatic heterocycles. The van der Waals surface area contributed by atoms with E-state index in [2.05, 4.69) is 27.4 Å². The van der Waals surface area contributed by atoms with Gasteiger partial charge in [0.05, 0.1) is 6.61 Å². The van der Waals surface area contributed by atoms with Crippen LogP contribution in [0.3, 0.4) is 0 Å². The number of aromatic nitrogens is 4. The van der Waals surface area contributed by atoms with Gasteiger partial charge >= 0.3 is 5.97 Å². The van der Waals surface area contributed by atoms with Crippen LogP contribution in [0.2, 0.25) is 0 Å². The van der Waals surface area contributed by atoms with Crippen LogP contribution in [-0.2, 0) is 14.3 Å². The van der Waals surface area contributed by atoms with Crippen molar-refractivity contribution in [2.24, 2.45) is 5.92 Å². The molecule has 8 nitrogen and oxygen atoms in total. The number of methoxy groups -OCH3 is 1. The molecular formula is C15H17N5O3. The average molecular weight is 315 g/mol. The van der Waals surface area contributed by atoms with Crippen molar-refractivity contribution in [2.45, 2.75) is 6.04 Å². The van der Waals surface area contributed by atoms with E-state index >= 15 is 0 Å². The largest absolute Gasteiger partial charge is 0.463 e. The molecule has 0 unspecified atom stereocenters. The highest BCUT2D eigenvalue weighted by Crippen LogP contribution is 2.37. The van der Waals surface area contributed by atoms with Gasteiger partial charge in [0, 0.05) is 12.8 Å². The molecule has 23 heavy (non-hydrogen) atoms. The zero-order valence-corrected chi connectivity index (χ0v) is 12.7. The zero-order valence-electron chi connectivity index (χ0n) is 12.7. The Hall–Kier alpha value is -2.74. The highest BCUT2D eigenvalue weighted by atomic mass is 16.6. The van der Waals surface area contributed by atoms with Gasteiger partial charge < -0.3 is 14.8 Å². The summed E-state index contributed by atoms with van der Waals surface area (Å²) in [4.78, 5) is 12.5. The average Bonchev–Trinajstić information content (AvgIpc) is 3.02. The predicted molar refractivity (Wildman–Crippen MR) is 81.5 cm³/mol. The molecule has 8 heteroatoms. The topological polar surface area (TPSA) is 91.2 Å². The van der Waals surface area contributed by atoms with Gasteiger partial charge in [0.1, 0.15) is 18.6 Å². The van der Waals surface area contributed by atoms with Crippen LogP contribution >= 0.6 is 0 Å². The number of anilines is 1. The molecule has 3 rings (SSSR count). The number of hydrogen-bond donors (Lipinski definition) is 1. The first-order valence-electron chi connectivity index (χ1n) is 7.16. The Kier molecular flexibility index (Phi) is 4.33. The maximum atomic E-state index is 12.5. The van der Waals surface area contributed by atoms with Crippen LogP contribution in [0, 0.1) is 5.92 Å². The van der Waals surface area contributed by atoms with Gasteiger partial charge in [-0.05, 0) is 16.0 Å². The fourth-order valence-corrected chi connectivity index (χ4v) is 2.59. The van der Waals surface area contributed by atoms with E-state index in [1.54, 1.807) is 11.8 Å². The standard InChI is InChI=1S/C15H17N5O3/c1-10-12(14(21)23-9-8-22-2)13(11-6-4-3-5-7-11)20-15(16-10)17-18-19-20/h3-7,12-13H,1,8-9H2,2H3,(H,16,17,19)/t12-,13+/m1/s1. The molecule has 0 fully saturated rings. The van der Waals surface area contributed by atoms with Crippen LogP contribution in [0.4, 0.5) is 5.95 Å². The molecule has 0 saturated carbocycles. The van der Waals surface area contributed by atoms with E-state index in [0.29, 0.717) is 18.3 Å². The van der Waals surface area contributed by atoms with Gasteiger partial charge in [0.15, 0.2) is 0 Å². The van der Waals surface area contributed by atoms with Crippen LogP contribution < -0.4 is 5.32 Å². The van der Waals surface area contributed by atoms with E-state index in [4.69, 9.17) is 9.47 Å². The molecule has 1 aliphatic rings. The number of tetrazole rings is 1. The second-order valence-electron chi connectivity index (χ2n) is 5.09. The third-order valence-corrected chi connectivity index (χ3v) is 3.65. The molecule has 1 aromatic carbocycles. The van der Waals surface area contributed by atoms with E-state index < -0.39 is 17.9 Å². The van der Waals surface area contributed by atoms with Crippen LogP contribution in [0.15, 0.2) is 42.6 Å². The maximum Gasteiger partial charge on any atom is 0.317 e. The summed E-state index contributed by atoms with van der Waals surface area (Å²) in [6, 6.07) is 9.14. The number of rotatable bonds is 5. The smallest absolute Gasteiger partial charge is 0.317 e. The number of hydrogen-bond acceptors (Lipinski definition) is 7. The van der Waals surface area contributed by atoms with E-state index in [1.165, 1.54) is 0 Å². The SMILES string of the molecule is C=C1Nc2nnnn2[C@@H](c2ccccc2)[C@@H]1C(=O)OCCOC. The van der Waals surface area contributed by atoms with Gasteiger partial charge in [-0.1, -0.05) is 42.0 Å². The summed E-state index contributed by atoms with van der Waals surface area (Å²) in [7, 11) is 1.55. The zero-order chi connectivity index (χ0) is 16.2. The van der Waals surface area contributed by atoms with E-state index in [-0.39, 0.29) is 6.61 Å². The second-order valence-corrected chi connectivity index (χ2v) is 5.09. The second kappa shape index (κ2) is 6.57.